The van der Waals surface area contributed by atoms with Gasteiger partial charge in [-0.25, -0.2) is 4.99 Å². The van der Waals surface area contributed by atoms with Gasteiger partial charge >= 0.3 is 0 Å². The quantitative estimate of drug-likeness (QED) is 0.361. The number of rotatable bonds is 4. The van der Waals surface area contributed by atoms with E-state index in [0.29, 0.717) is 12.0 Å². The van der Waals surface area contributed by atoms with Crippen LogP contribution in [-0.2, 0) is 0 Å². The maximum atomic E-state index is 10.8. The first-order chi connectivity index (χ1) is 12.5. The van der Waals surface area contributed by atoms with E-state index in [1.54, 1.807) is 0 Å². The minimum atomic E-state index is -0.518. The standard InChI is InChI=1S/C18H24N4O3S/c19-18(20-11-14-10-15(22(24)25)6-7-17(14)23)26-12-13-4-3-9-21-8-2-1-5-16(13)21/h6-7,10-11,13,16,19,23H,1-5,8-9,12H2/b19-18?,20-11+. The second-order valence-electron chi connectivity index (χ2n) is 6.88. The molecule has 0 aromatic heterocycles. The molecule has 3 rings (SSSR count). The topological polar surface area (TPSA) is 103 Å². The predicted octanol–water partition coefficient (Wildman–Crippen LogP) is 3.65. The van der Waals surface area contributed by atoms with Crippen LogP contribution >= 0.6 is 11.8 Å². The van der Waals surface area contributed by atoms with Gasteiger partial charge in [0.2, 0.25) is 0 Å². The fourth-order valence-electron chi connectivity index (χ4n) is 3.88. The Morgan fingerprint density at radius 1 is 1.38 bits per heavy atom. The zero-order valence-electron chi connectivity index (χ0n) is 14.6. The SMILES string of the molecule is N=C(/N=C/c1cc([N+](=O)[O-])ccc1O)SCC1CCCN2CCCCC12. The molecule has 0 bridgehead atoms. The Balaban J connectivity index is 1.56. The smallest absolute Gasteiger partial charge is 0.270 e. The van der Waals surface area contributed by atoms with Gasteiger partial charge in [0, 0.05) is 35.7 Å². The summed E-state index contributed by atoms with van der Waals surface area (Å²) in [4.78, 5) is 17.0. The molecule has 2 fully saturated rings. The lowest BCUT2D eigenvalue weighted by Crippen LogP contribution is -2.48. The highest BCUT2D eigenvalue weighted by atomic mass is 32.2. The van der Waals surface area contributed by atoms with Crippen molar-refractivity contribution in [3.05, 3.63) is 33.9 Å². The summed E-state index contributed by atoms with van der Waals surface area (Å²) in [7, 11) is 0. The van der Waals surface area contributed by atoms with Gasteiger partial charge in [-0.2, -0.15) is 0 Å². The van der Waals surface area contributed by atoms with Crippen molar-refractivity contribution in [2.45, 2.75) is 38.1 Å². The van der Waals surface area contributed by atoms with Crippen molar-refractivity contribution in [3.63, 3.8) is 0 Å². The summed E-state index contributed by atoms with van der Waals surface area (Å²) in [6, 6.07) is 4.42. The largest absolute Gasteiger partial charge is 0.507 e. The minimum absolute atomic E-state index is 0.0812. The normalized spacial score (nSPS) is 23.7. The highest BCUT2D eigenvalue weighted by molar-refractivity contribution is 8.13. The molecule has 2 aliphatic rings. The number of nitro groups is 1. The van der Waals surface area contributed by atoms with Crippen molar-refractivity contribution in [2.75, 3.05) is 18.8 Å². The molecule has 2 unspecified atom stereocenters. The van der Waals surface area contributed by atoms with Gasteiger partial charge in [0.15, 0.2) is 5.17 Å². The van der Waals surface area contributed by atoms with E-state index in [-0.39, 0.29) is 22.2 Å². The third kappa shape index (κ3) is 4.62. The van der Waals surface area contributed by atoms with Crippen molar-refractivity contribution >= 4 is 28.8 Å². The van der Waals surface area contributed by atoms with Crippen LogP contribution in [0, 0.1) is 21.4 Å². The van der Waals surface area contributed by atoms with Crippen LogP contribution in [0.3, 0.4) is 0 Å². The lowest BCUT2D eigenvalue weighted by molar-refractivity contribution is -0.384. The maximum Gasteiger partial charge on any atom is 0.270 e. The van der Waals surface area contributed by atoms with Gasteiger partial charge in [0.1, 0.15) is 5.75 Å². The van der Waals surface area contributed by atoms with Crippen molar-refractivity contribution in [2.24, 2.45) is 10.9 Å². The zero-order valence-corrected chi connectivity index (χ0v) is 15.5. The highest BCUT2D eigenvalue weighted by Gasteiger charge is 2.32. The second kappa shape index (κ2) is 8.64. The molecule has 0 amide bonds. The molecule has 2 aliphatic heterocycles. The Hall–Kier alpha value is -1.93. The Morgan fingerprint density at radius 2 is 2.19 bits per heavy atom. The summed E-state index contributed by atoms with van der Waals surface area (Å²) in [6.07, 6.45) is 7.60. The summed E-state index contributed by atoms with van der Waals surface area (Å²) in [6.45, 7) is 2.40. The molecule has 0 saturated carbocycles. The molecule has 2 atom stereocenters. The molecule has 0 aliphatic carbocycles. The molecule has 140 valence electrons. The number of thioether (sulfide) groups is 1. The average molecular weight is 376 g/mol. The van der Waals surface area contributed by atoms with Crippen LogP contribution in [0.25, 0.3) is 0 Å². The van der Waals surface area contributed by atoms with Crippen LogP contribution in [0.15, 0.2) is 23.2 Å². The van der Waals surface area contributed by atoms with Gasteiger partial charge in [0.05, 0.1) is 4.92 Å². The predicted molar refractivity (Wildman–Crippen MR) is 104 cm³/mol. The first kappa shape index (κ1) is 18.8. The van der Waals surface area contributed by atoms with Crippen LogP contribution < -0.4 is 0 Å². The van der Waals surface area contributed by atoms with Crippen LogP contribution in [0.5, 0.6) is 5.75 Å². The molecule has 8 heteroatoms. The fourth-order valence-corrected chi connectivity index (χ4v) is 4.77. The highest BCUT2D eigenvalue weighted by Crippen LogP contribution is 2.33. The van der Waals surface area contributed by atoms with E-state index in [4.69, 9.17) is 5.41 Å². The van der Waals surface area contributed by atoms with E-state index in [2.05, 4.69) is 9.89 Å². The molecule has 2 heterocycles. The number of nitro benzene ring substituents is 1. The van der Waals surface area contributed by atoms with Gasteiger partial charge in [-0.1, -0.05) is 18.2 Å². The number of piperidine rings is 2. The van der Waals surface area contributed by atoms with E-state index >= 15 is 0 Å². The summed E-state index contributed by atoms with van der Waals surface area (Å²) >= 11 is 1.42. The molecule has 7 nitrogen and oxygen atoms in total. The molecule has 2 saturated heterocycles. The number of aromatic hydroxyl groups is 1. The number of phenols is 1. The number of benzene rings is 1. The third-order valence-electron chi connectivity index (χ3n) is 5.21. The summed E-state index contributed by atoms with van der Waals surface area (Å²) in [5.41, 5.74) is 0.142. The molecule has 2 N–H and O–H groups in total. The molecule has 0 spiro atoms. The number of fused-ring (bicyclic) bond motifs is 1. The summed E-state index contributed by atoms with van der Waals surface area (Å²) in [5.74, 6) is 1.39. The Morgan fingerprint density at radius 3 is 3.00 bits per heavy atom. The molecule has 1 aromatic rings. The van der Waals surface area contributed by atoms with Crippen LogP contribution in [0.4, 0.5) is 5.69 Å². The molecular formula is C18H24N4O3S. The molecule has 26 heavy (non-hydrogen) atoms. The summed E-state index contributed by atoms with van der Waals surface area (Å²) in [5, 5.41) is 28.8. The number of amidine groups is 1. The zero-order chi connectivity index (χ0) is 18.5. The van der Waals surface area contributed by atoms with Gasteiger partial charge in [0.25, 0.3) is 5.69 Å². The average Bonchev–Trinajstić information content (AvgIpc) is 2.65. The number of hydrogen-bond donors (Lipinski definition) is 2. The van der Waals surface area contributed by atoms with Crippen molar-refractivity contribution < 1.29 is 10.0 Å². The number of nitrogens with zero attached hydrogens (tertiary/aromatic N) is 3. The van der Waals surface area contributed by atoms with E-state index in [0.717, 1.165) is 5.75 Å². The van der Waals surface area contributed by atoms with Gasteiger partial charge in [-0.05, 0) is 50.8 Å². The first-order valence-electron chi connectivity index (χ1n) is 9.01. The first-order valence-corrected chi connectivity index (χ1v) is 10.00. The maximum absolute atomic E-state index is 10.8. The monoisotopic (exact) mass is 376 g/mol. The number of hydrogen-bond acceptors (Lipinski definition) is 6. The lowest BCUT2D eigenvalue weighted by Gasteiger charge is -2.44. The Kier molecular flexibility index (Phi) is 6.26. The summed E-state index contributed by atoms with van der Waals surface area (Å²) < 4.78 is 0. The van der Waals surface area contributed by atoms with Crippen LogP contribution in [0.2, 0.25) is 0 Å². The van der Waals surface area contributed by atoms with Crippen molar-refractivity contribution in [1.82, 2.24) is 4.90 Å². The molecule has 1 aromatic carbocycles. The van der Waals surface area contributed by atoms with Crippen molar-refractivity contribution in [3.8, 4) is 5.75 Å². The molecular weight excluding hydrogens is 352 g/mol. The van der Waals surface area contributed by atoms with Crippen LogP contribution in [0.1, 0.15) is 37.7 Å². The number of aliphatic imine (C=N–C) groups is 1. The van der Waals surface area contributed by atoms with Crippen molar-refractivity contribution in [1.29, 1.82) is 5.41 Å². The minimum Gasteiger partial charge on any atom is -0.507 e. The van der Waals surface area contributed by atoms with Gasteiger partial charge in [-0.3, -0.25) is 15.5 Å². The number of non-ortho nitro benzene ring substituents is 1. The second-order valence-corrected chi connectivity index (χ2v) is 7.88. The van der Waals surface area contributed by atoms with Crippen LogP contribution in [-0.4, -0.2) is 51.2 Å². The van der Waals surface area contributed by atoms with E-state index in [1.165, 1.54) is 81.4 Å². The van der Waals surface area contributed by atoms with E-state index in [1.807, 2.05) is 0 Å². The fraction of sp³-hybridized carbons (Fsp3) is 0.556. The van der Waals surface area contributed by atoms with E-state index < -0.39 is 4.92 Å². The van der Waals surface area contributed by atoms with Gasteiger partial charge in [-0.15, -0.1) is 0 Å². The third-order valence-corrected chi connectivity index (χ3v) is 6.18. The Labute approximate surface area is 157 Å². The lowest BCUT2D eigenvalue weighted by atomic mass is 9.85. The van der Waals surface area contributed by atoms with E-state index in [9.17, 15) is 15.2 Å². The number of phenolic OH excluding ortho intramolecular Hbond substituents is 1. The number of nitrogens with one attached hydrogen (secondary N) is 1. The Bertz CT molecular complexity index is 708. The molecule has 0 radical (unpaired) electrons. The van der Waals surface area contributed by atoms with Gasteiger partial charge < -0.3 is 10.0 Å².